The lowest BCUT2D eigenvalue weighted by Crippen LogP contribution is -2.67. The van der Waals surface area contributed by atoms with Gasteiger partial charge in [-0.05, 0) is 103 Å². The van der Waals surface area contributed by atoms with Gasteiger partial charge in [0.2, 0.25) is 0 Å². The molecule has 5 aliphatic rings. The molecule has 5 aliphatic carbocycles. The van der Waals surface area contributed by atoms with Crippen LogP contribution in [0.4, 0.5) is 0 Å². The number of rotatable bonds is 2. The van der Waals surface area contributed by atoms with Crippen molar-refractivity contribution in [2.45, 2.75) is 112 Å². The molecule has 4 fully saturated rings. The maximum Gasteiger partial charge on any atom is 0.310 e. The molecule has 0 aliphatic heterocycles. The van der Waals surface area contributed by atoms with E-state index < -0.39 is 17.5 Å². The lowest BCUT2D eigenvalue weighted by Gasteiger charge is -2.71. The van der Waals surface area contributed by atoms with Crippen LogP contribution in [0.5, 0.6) is 0 Å². The van der Waals surface area contributed by atoms with Crippen molar-refractivity contribution in [3.8, 4) is 0 Å². The predicted molar refractivity (Wildman–Crippen MR) is 139 cm³/mol. The van der Waals surface area contributed by atoms with Crippen LogP contribution in [0.1, 0.15) is 99.8 Å². The van der Waals surface area contributed by atoms with Crippen LogP contribution >= 0.6 is 0 Å². The minimum atomic E-state index is -0.584. The zero-order valence-corrected chi connectivity index (χ0v) is 23.5. The molecule has 11 atom stereocenters. The van der Waals surface area contributed by atoms with Crippen LogP contribution in [0.25, 0.3) is 0 Å². The van der Waals surface area contributed by atoms with E-state index in [0.29, 0.717) is 23.7 Å². The Balaban J connectivity index is 1.62. The largest absolute Gasteiger partial charge is 0.481 e. The number of methoxy groups -OCH3 is 1. The van der Waals surface area contributed by atoms with E-state index in [1.807, 2.05) is 0 Å². The summed E-state index contributed by atoms with van der Waals surface area (Å²) in [5, 5.41) is 21.8. The molecule has 0 aromatic rings. The summed E-state index contributed by atoms with van der Waals surface area (Å²) in [4.78, 5) is 12.8. The van der Waals surface area contributed by atoms with Crippen molar-refractivity contribution in [2.24, 2.45) is 56.7 Å². The quantitative estimate of drug-likeness (QED) is 0.426. The molecule has 0 heterocycles. The van der Waals surface area contributed by atoms with Crippen LogP contribution in [0.3, 0.4) is 0 Å². The zero-order chi connectivity index (χ0) is 25.8. The van der Waals surface area contributed by atoms with Crippen LogP contribution in [-0.2, 0) is 9.53 Å². The van der Waals surface area contributed by atoms with Crippen molar-refractivity contribution in [3.05, 3.63) is 11.6 Å². The first kappa shape index (κ1) is 25.8. The summed E-state index contributed by atoms with van der Waals surface area (Å²) in [6.07, 6.45) is 9.86. The second kappa shape index (κ2) is 7.82. The molecule has 11 unspecified atom stereocenters. The van der Waals surface area contributed by atoms with Crippen LogP contribution < -0.4 is 0 Å². The van der Waals surface area contributed by atoms with Gasteiger partial charge in [0.1, 0.15) is 0 Å². The molecule has 0 amide bonds. The first-order chi connectivity index (χ1) is 16.2. The number of allylic oxidation sites excluding steroid dienone is 2. The number of carboxylic acid groups (broad SMARTS) is 1. The Labute approximate surface area is 213 Å². The summed E-state index contributed by atoms with van der Waals surface area (Å²) in [6, 6.07) is 0. The molecule has 0 bridgehead atoms. The lowest BCUT2D eigenvalue weighted by atomic mass is 9.33. The van der Waals surface area contributed by atoms with Gasteiger partial charge in [0.05, 0.1) is 17.6 Å². The fourth-order valence-corrected chi connectivity index (χ4v) is 11.2. The molecule has 4 saturated carbocycles. The predicted octanol–water partition coefficient (Wildman–Crippen LogP) is 6.71. The van der Waals surface area contributed by atoms with Gasteiger partial charge in [-0.1, -0.05) is 60.1 Å². The van der Waals surface area contributed by atoms with Gasteiger partial charge in [-0.3, -0.25) is 4.79 Å². The molecule has 0 aromatic carbocycles. The number of carbonyl (C=O) groups is 1. The van der Waals surface area contributed by atoms with E-state index in [1.54, 1.807) is 7.11 Å². The monoisotopic (exact) mass is 486 g/mol. The number of ether oxygens (including phenoxy) is 1. The third kappa shape index (κ3) is 3.02. The first-order valence-corrected chi connectivity index (χ1v) is 14.4. The van der Waals surface area contributed by atoms with Crippen molar-refractivity contribution < 1.29 is 19.7 Å². The van der Waals surface area contributed by atoms with Crippen molar-refractivity contribution >= 4 is 5.97 Å². The van der Waals surface area contributed by atoms with Gasteiger partial charge >= 0.3 is 5.97 Å². The average Bonchev–Trinajstić information content (AvgIpc) is 2.79. The summed E-state index contributed by atoms with van der Waals surface area (Å²) in [7, 11) is 1.76. The molecule has 0 spiro atoms. The number of carboxylic acids is 1. The molecule has 198 valence electrons. The summed E-state index contributed by atoms with van der Waals surface area (Å²) in [5.41, 5.74) is 0.974. The van der Waals surface area contributed by atoms with E-state index >= 15 is 0 Å². The molecular weight excluding hydrogens is 436 g/mol. The summed E-state index contributed by atoms with van der Waals surface area (Å²) >= 11 is 0. The van der Waals surface area contributed by atoms with Crippen molar-refractivity contribution in [1.82, 2.24) is 0 Å². The van der Waals surface area contributed by atoms with Crippen LogP contribution in [0, 0.1) is 56.7 Å². The summed E-state index contributed by atoms with van der Waals surface area (Å²) in [5.74, 6) is 1.54. The van der Waals surface area contributed by atoms with E-state index in [4.69, 9.17) is 4.74 Å². The Kier molecular flexibility index (Phi) is 5.76. The minimum absolute atomic E-state index is 0.0294. The standard InChI is InChI=1S/C31H50O4/c1-18-11-14-31(26(33)34)16-15-29(6)20(24(31)19(18)2)9-10-23-28(5)17-21(35-8)25(32)27(3,4)22(28)12-13-30(23,29)7/h9,18-19,21-25,32H,10-17H2,1-8H3,(H,33,34). The van der Waals surface area contributed by atoms with Gasteiger partial charge < -0.3 is 14.9 Å². The second-order valence-corrected chi connectivity index (χ2v) is 14.9. The van der Waals surface area contributed by atoms with Crippen molar-refractivity contribution in [1.29, 1.82) is 0 Å². The Morgan fingerprint density at radius 1 is 1.00 bits per heavy atom. The number of aliphatic carboxylic acids is 1. The molecule has 35 heavy (non-hydrogen) atoms. The van der Waals surface area contributed by atoms with Crippen LogP contribution in [0.15, 0.2) is 11.6 Å². The Hall–Kier alpha value is -0.870. The molecule has 2 N–H and O–H groups in total. The van der Waals surface area contributed by atoms with E-state index in [-0.39, 0.29) is 33.7 Å². The van der Waals surface area contributed by atoms with Gasteiger partial charge in [0, 0.05) is 7.11 Å². The van der Waals surface area contributed by atoms with E-state index in [9.17, 15) is 15.0 Å². The van der Waals surface area contributed by atoms with E-state index in [0.717, 1.165) is 51.4 Å². The highest BCUT2D eigenvalue weighted by Gasteiger charge is 2.70. The zero-order valence-electron chi connectivity index (χ0n) is 23.5. The lowest BCUT2D eigenvalue weighted by molar-refractivity contribution is -0.236. The molecule has 0 saturated heterocycles. The summed E-state index contributed by atoms with van der Waals surface area (Å²) in [6.45, 7) is 16.7. The van der Waals surface area contributed by atoms with Gasteiger partial charge in [-0.25, -0.2) is 0 Å². The van der Waals surface area contributed by atoms with Gasteiger partial charge in [0.15, 0.2) is 0 Å². The molecule has 4 nitrogen and oxygen atoms in total. The fourth-order valence-electron chi connectivity index (χ4n) is 11.2. The van der Waals surface area contributed by atoms with E-state index in [2.05, 4.69) is 54.5 Å². The van der Waals surface area contributed by atoms with Gasteiger partial charge in [0.25, 0.3) is 0 Å². The number of hydrogen-bond acceptors (Lipinski definition) is 3. The number of aliphatic hydroxyl groups excluding tert-OH is 1. The highest BCUT2D eigenvalue weighted by Crippen LogP contribution is 2.75. The average molecular weight is 487 g/mol. The molecular formula is C31H50O4. The Bertz CT molecular complexity index is 923. The van der Waals surface area contributed by atoms with Gasteiger partial charge in [-0.15, -0.1) is 0 Å². The summed E-state index contributed by atoms with van der Waals surface area (Å²) < 4.78 is 5.90. The first-order valence-electron chi connectivity index (χ1n) is 14.4. The Morgan fingerprint density at radius 3 is 2.31 bits per heavy atom. The number of aliphatic hydroxyl groups is 1. The third-order valence-electron chi connectivity index (χ3n) is 13.6. The molecule has 0 aromatic heterocycles. The molecule has 4 heteroatoms. The number of hydrogen-bond donors (Lipinski definition) is 2. The third-order valence-corrected chi connectivity index (χ3v) is 13.6. The van der Waals surface area contributed by atoms with E-state index in [1.165, 1.54) is 5.57 Å². The van der Waals surface area contributed by atoms with Crippen molar-refractivity contribution in [2.75, 3.05) is 7.11 Å². The van der Waals surface area contributed by atoms with Gasteiger partial charge in [-0.2, -0.15) is 0 Å². The highest BCUT2D eigenvalue weighted by atomic mass is 16.5. The van der Waals surface area contributed by atoms with Crippen LogP contribution in [-0.4, -0.2) is 35.5 Å². The SMILES string of the molecule is COC1CC2(C)C(CCC3(C)C2CC=C2C4C(C)C(C)CCC4(C(=O)O)CCC23C)C(C)(C)C1O. The van der Waals surface area contributed by atoms with Crippen molar-refractivity contribution in [3.63, 3.8) is 0 Å². The molecule has 0 radical (unpaired) electrons. The van der Waals surface area contributed by atoms with Crippen LogP contribution in [0.2, 0.25) is 0 Å². The fraction of sp³-hybridized carbons (Fsp3) is 0.903. The highest BCUT2D eigenvalue weighted by molar-refractivity contribution is 5.76. The minimum Gasteiger partial charge on any atom is -0.481 e. The topological polar surface area (TPSA) is 66.8 Å². The Morgan fingerprint density at radius 2 is 1.69 bits per heavy atom. The maximum atomic E-state index is 12.8. The molecule has 5 rings (SSSR count). The maximum absolute atomic E-state index is 12.8. The smallest absolute Gasteiger partial charge is 0.310 e. The normalized spacial score (nSPS) is 55.0. The second-order valence-electron chi connectivity index (χ2n) is 14.9. The number of fused-ring (bicyclic) bond motifs is 7.